The molecule has 20 heavy (non-hydrogen) atoms. The number of hydrogen-bond donors (Lipinski definition) is 0. The van der Waals surface area contributed by atoms with Crippen molar-refractivity contribution in [2.24, 2.45) is 0 Å². The molecule has 0 N–H and O–H groups in total. The third-order valence-electron chi connectivity index (χ3n) is 2.68. The zero-order chi connectivity index (χ0) is 14.9. The van der Waals surface area contributed by atoms with E-state index in [4.69, 9.17) is 23.2 Å². The molecule has 0 heterocycles. The number of nitrogens with zero attached hydrogens (tertiary/aromatic N) is 1. The minimum Gasteiger partial charge on any atom is -0.269 e. The molecule has 0 bridgehead atoms. The molecule has 0 amide bonds. The van der Waals surface area contributed by atoms with Crippen molar-refractivity contribution < 1.29 is 12.8 Å². The fourth-order valence-corrected chi connectivity index (χ4v) is 3.32. The molecule has 0 radical (unpaired) electrons. The lowest BCUT2D eigenvalue weighted by Gasteiger charge is -2.20. The van der Waals surface area contributed by atoms with E-state index < -0.39 is 15.8 Å². The van der Waals surface area contributed by atoms with Gasteiger partial charge in [-0.2, -0.15) is 0 Å². The van der Waals surface area contributed by atoms with Gasteiger partial charge in [-0.25, -0.2) is 12.8 Å². The molecule has 0 aromatic heterocycles. The number of rotatable bonds is 3. The highest BCUT2D eigenvalue weighted by Gasteiger charge is 2.21. The summed E-state index contributed by atoms with van der Waals surface area (Å²) < 4.78 is 38.7. The summed E-state index contributed by atoms with van der Waals surface area (Å²) in [6, 6.07) is 9.05. The third kappa shape index (κ3) is 3.06. The predicted octanol–water partition coefficient (Wildman–Crippen LogP) is 3.96. The molecule has 3 nitrogen and oxygen atoms in total. The molecule has 2 rings (SSSR count). The Labute approximate surface area is 126 Å². The lowest BCUT2D eigenvalue weighted by Crippen LogP contribution is -2.26. The second-order valence-corrected chi connectivity index (χ2v) is 6.90. The summed E-state index contributed by atoms with van der Waals surface area (Å²) in [7, 11) is -2.42. The summed E-state index contributed by atoms with van der Waals surface area (Å²) in [5.74, 6) is -0.502. The maximum Gasteiger partial charge on any atom is 0.264 e. The van der Waals surface area contributed by atoms with Crippen LogP contribution < -0.4 is 4.31 Å². The van der Waals surface area contributed by atoms with Gasteiger partial charge in [0.05, 0.1) is 10.6 Å². The Morgan fingerprint density at radius 3 is 2.00 bits per heavy atom. The van der Waals surface area contributed by atoms with Gasteiger partial charge in [-0.1, -0.05) is 23.2 Å². The van der Waals surface area contributed by atoms with Gasteiger partial charge >= 0.3 is 0 Å². The first-order valence-electron chi connectivity index (χ1n) is 5.51. The van der Waals surface area contributed by atoms with Gasteiger partial charge in [0.25, 0.3) is 10.0 Å². The van der Waals surface area contributed by atoms with Crippen LogP contribution in [-0.4, -0.2) is 15.5 Å². The highest BCUT2D eigenvalue weighted by molar-refractivity contribution is 7.92. The molecule has 0 saturated carbocycles. The van der Waals surface area contributed by atoms with Crippen LogP contribution in [0.3, 0.4) is 0 Å². The first kappa shape index (κ1) is 15.1. The van der Waals surface area contributed by atoms with Gasteiger partial charge in [0, 0.05) is 17.1 Å². The fourth-order valence-electron chi connectivity index (χ4n) is 1.62. The van der Waals surface area contributed by atoms with Crippen molar-refractivity contribution >= 4 is 38.9 Å². The topological polar surface area (TPSA) is 37.4 Å². The predicted molar refractivity (Wildman–Crippen MR) is 78.5 cm³/mol. The van der Waals surface area contributed by atoms with Crippen molar-refractivity contribution in [1.29, 1.82) is 0 Å². The smallest absolute Gasteiger partial charge is 0.264 e. The van der Waals surface area contributed by atoms with E-state index in [1.807, 2.05) is 0 Å². The molecule has 106 valence electrons. The van der Waals surface area contributed by atoms with Crippen LogP contribution in [-0.2, 0) is 10.0 Å². The zero-order valence-electron chi connectivity index (χ0n) is 10.3. The minimum atomic E-state index is -3.79. The van der Waals surface area contributed by atoms with Gasteiger partial charge in [0.15, 0.2) is 0 Å². The summed E-state index contributed by atoms with van der Waals surface area (Å²) in [5, 5.41) is 0.655. The van der Waals surface area contributed by atoms with Gasteiger partial charge in [0.1, 0.15) is 5.82 Å². The van der Waals surface area contributed by atoms with Crippen molar-refractivity contribution in [3.63, 3.8) is 0 Å². The summed E-state index contributed by atoms with van der Waals surface area (Å²) in [6.45, 7) is 0. The molecule has 2 aromatic rings. The first-order valence-corrected chi connectivity index (χ1v) is 7.71. The highest BCUT2D eigenvalue weighted by atomic mass is 35.5. The lowest BCUT2D eigenvalue weighted by molar-refractivity contribution is 0.593. The van der Waals surface area contributed by atoms with Gasteiger partial charge in [0.2, 0.25) is 0 Å². The lowest BCUT2D eigenvalue weighted by atomic mass is 10.3. The Morgan fingerprint density at radius 2 is 1.50 bits per heavy atom. The van der Waals surface area contributed by atoms with Crippen LogP contribution in [0.2, 0.25) is 10.0 Å². The Balaban J connectivity index is 2.45. The number of halogens is 3. The molecule has 0 aliphatic heterocycles. The average molecular weight is 334 g/mol. The van der Waals surface area contributed by atoms with E-state index in [2.05, 4.69) is 0 Å². The summed E-state index contributed by atoms with van der Waals surface area (Å²) in [5.41, 5.74) is 0.326. The SMILES string of the molecule is CN(c1cc(Cl)cc(Cl)c1)S(=O)(=O)c1ccc(F)cc1. The Morgan fingerprint density at radius 1 is 1.00 bits per heavy atom. The minimum absolute atomic E-state index is 0.0162. The van der Waals surface area contributed by atoms with Crippen molar-refractivity contribution in [2.75, 3.05) is 11.4 Å². The zero-order valence-corrected chi connectivity index (χ0v) is 12.7. The van der Waals surface area contributed by atoms with Crippen molar-refractivity contribution in [1.82, 2.24) is 0 Å². The van der Waals surface area contributed by atoms with Gasteiger partial charge in [-0.05, 0) is 42.5 Å². The molecule has 0 unspecified atom stereocenters. The number of hydrogen-bond acceptors (Lipinski definition) is 2. The second kappa shape index (κ2) is 5.60. The van der Waals surface area contributed by atoms with Crippen LogP contribution in [0.25, 0.3) is 0 Å². The second-order valence-electron chi connectivity index (χ2n) is 4.05. The Kier molecular flexibility index (Phi) is 4.22. The standard InChI is InChI=1S/C13H10Cl2FNO2S/c1-17(12-7-9(14)6-10(15)8-12)20(18,19)13-4-2-11(16)3-5-13/h2-8H,1H3. The maximum atomic E-state index is 12.9. The molecule has 2 aromatic carbocycles. The van der Waals surface area contributed by atoms with E-state index in [0.717, 1.165) is 16.4 Å². The normalized spacial score (nSPS) is 11.4. The number of anilines is 1. The molecule has 0 saturated heterocycles. The maximum absolute atomic E-state index is 12.9. The van der Waals surface area contributed by atoms with Crippen molar-refractivity contribution in [3.05, 3.63) is 58.3 Å². The highest BCUT2D eigenvalue weighted by Crippen LogP contribution is 2.28. The molecule has 0 fully saturated rings. The van der Waals surface area contributed by atoms with E-state index in [-0.39, 0.29) is 4.90 Å². The van der Waals surface area contributed by atoms with Crippen LogP contribution in [0.4, 0.5) is 10.1 Å². The van der Waals surface area contributed by atoms with E-state index >= 15 is 0 Å². The molecule has 0 aliphatic rings. The van der Waals surface area contributed by atoms with Crippen molar-refractivity contribution in [3.8, 4) is 0 Å². The third-order valence-corrected chi connectivity index (χ3v) is 4.92. The molecular weight excluding hydrogens is 324 g/mol. The Hall–Kier alpha value is -1.30. The molecule has 0 spiro atoms. The quantitative estimate of drug-likeness (QED) is 0.852. The van der Waals surface area contributed by atoms with Crippen LogP contribution >= 0.6 is 23.2 Å². The largest absolute Gasteiger partial charge is 0.269 e. The molecule has 0 aliphatic carbocycles. The van der Waals surface area contributed by atoms with Crippen LogP contribution in [0.1, 0.15) is 0 Å². The summed E-state index contributed by atoms with van der Waals surface area (Å²) in [4.78, 5) is -0.0162. The summed E-state index contributed by atoms with van der Waals surface area (Å²) >= 11 is 11.7. The Bertz CT molecular complexity index is 712. The number of sulfonamides is 1. The van der Waals surface area contributed by atoms with Gasteiger partial charge < -0.3 is 0 Å². The molecule has 7 heteroatoms. The first-order chi connectivity index (χ1) is 9.30. The fraction of sp³-hybridized carbons (Fsp3) is 0.0769. The van der Waals surface area contributed by atoms with Crippen molar-refractivity contribution in [2.45, 2.75) is 4.90 Å². The van der Waals surface area contributed by atoms with E-state index in [1.165, 1.54) is 37.4 Å². The van der Waals surface area contributed by atoms with Crippen LogP contribution in [0, 0.1) is 5.82 Å². The summed E-state index contributed by atoms with van der Waals surface area (Å²) in [6.07, 6.45) is 0. The molecule has 0 atom stereocenters. The van der Waals surface area contributed by atoms with E-state index in [9.17, 15) is 12.8 Å². The van der Waals surface area contributed by atoms with E-state index in [1.54, 1.807) is 0 Å². The van der Waals surface area contributed by atoms with Gasteiger partial charge in [-0.15, -0.1) is 0 Å². The van der Waals surface area contributed by atoms with Crippen LogP contribution in [0.5, 0.6) is 0 Å². The number of benzene rings is 2. The molecular formula is C13H10Cl2FNO2S. The van der Waals surface area contributed by atoms with E-state index in [0.29, 0.717) is 15.7 Å². The monoisotopic (exact) mass is 333 g/mol. The average Bonchev–Trinajstić information content (AvgIpc) is 2.37. The van der Waals surface area contributed by atoms with Crippen LogP contribution in [0.15, 0.2) is 47.4 Å². The van der Waals surface area contributed by atoms with Gasteiger partial charge in [-0.3, -0.25) is 4.31 Å².